The molecule has 0 aromatic heterocycles. The minimum Gasteiger partial charge on any atom is -0.462 e. The summed E-state index contributed by atoms with van der Waals surface area (Å²) in [6.45, 7) is 6.78. The van der Waals surface area contributed by atoms with Crippen LogP contribution in [0.2, 0.25) is 0 Å². The highest BCUT2D eigenvalue weighted by molar-refractivity contribution is 8.13. The predicted molar refractivity (Wildman–Crippen MR) is 133 cm³/mol. The summed E-state index contributed by atoms with van der Waals surface area (Å²) in [7, 11) is 0. The van der Waals surface area contributed by atoms with E-state index in [9.17, 15) is 18.4 Å². The fourth-order valence-electron chi connectivity index (χ4n) is 4.05. The Kier molecular flexibility index (Phi) is 7.54. The van der Waals surface area contributed by atoms with E-state index < -0.39 is 29.6 Å². The minimum absolute atomic E-state index is 0.192. The van der Waals surface area contributed by atoms with Crippen molar-refractivity contribution in [1.82, 2.24) is 4.90 Å². The molecule has 0 spiro atoms. The van der Waals surface area contributed by atoms with E-state index in [1.165, 1.54) is 0 Å². The van der Waals surface area contributed by atoms with Crippen LogP contribution in [0.4, 0.5) is 14.5 Å². The van der Waals surface area contributed by atoms with Crippen LogP contribution >= 0.6 is 11.8 Å². The van der Waals surface area contributed by atoms with Crippen LogP contribution in [0.3, 0.4) is 0 Å². The minimum atomic E-state index is -0.939. The van der Waals surface area contributed by atoms with Crippen molar-refractivity contribution >= 4 is 34.5 Å². The Bertz CT molecular complexity index is 1210. The number of anilines is 1. The molecule has 2 aliphatic heterocycles. The quantitative estimate of drug-likeness (QED) is 0.529. The summed E-state index contributed by atoms with van der Waals surface area (Å²) in [4.78, 5) is 32.6. The number of ether oxygens (including phenoxy) is 1. The second-order valence-corrected chi connectivity index (χ2v) is 9.95. The lowest BCUT2D eigenvalue weighted by molar-refractivity contribution is -0.140. The smallest absolute Gasteiger partial charge is 0.338 e. The first kappa shape index (κ1) is 24.9. The van der Waals surface area contributed by atoms with Crippen molar-refractivity contribution in [2.75, 3.05) is 24.2 Å². The van der Waals surface area contributed by atoms with Gasteiger partial charge in [0, 0.05) is 24.1 Å². The molecule has 1 amide bonds. The van der Waals surface area contributed by atoms with Gasteiger partial charge in [0.1, 0.15) is 11.6 Å². The largest absolute Gasteiger partial charge is 0.462 e. The molecular formula is C26H27F2N3O3S. The van der Waals surface area contributed by atoms with Crippen LogP contribution in [0.15, 0.2) is 58.7 Å². The lowest BCUT2D eigenvalue weighted by Gasteiger charge is -2.40. The van der Waals surface area contributed by atoms with Gasteiger partial charge in [0.2, 0.25) is 0 Å². The molecule has 1 saturated heterocycles. The third-order valence-electron chi connectivity index (χ3n) is 5.66. The van der Waals surface area contributed by atoms with Crippen LogP contribution in [0.25, 0.3) is 0 Å². The van der Waals surface area contributed by atoms with Crippen molar-refractivity contribution in [1.29, 1.82) is 0 Å². The van der Waals surface area contributed by atoms with E-state index in [1.54, 1.807) is 36.9 Å². The molecule has 2 aromatic carbocycles. The van der Waals surface area contributed by atoms with Gasteiger partial charge in [-0.2, -0.15) is 0 Å². The van der Waals surface area contributed by atoms with E-state index in [4.69, 9.17) is 4.74 Å². The molecule has 0 aliphatic carbocycles. The number of aliphatic imine (C=N–C) groups is 1. The number of halogens is 2. The second-order valence-electron chi connectivity index (χ2n) is 8.89. The third kappa shape index (κ3) is 5.56. The number of hydrogen-bond donors (Lipinski definition) is 1. The van der Waals surface area contributed by atoms with Gasteiger partial charge in [0.15, 0.2) is 5.17 Å². The number of nitrogens with one attached hydrogen (secondary N) is 1. The average Bonchev–Trinajstić information content (AvgIpc) is 2.81. The molecule has 2 aliphatic rings. The molecule has 184 valence electrons. The fourth-order valence-corrected chi connectivity index (χ4v) is 5.07. The Hall–Kier alpha value is -3.20. The van der Waals surface area contributed by atoms with E-state index in [0.717, 1.165) is 41.6 Å². The van der Waals surface area contributed by atoms with Crippen LogP contribution in [0.5, 0.6) is 0 Å². The molecule has 0 radical (unpaired) electrons. The zero-order chi connectivity index (χ0) is 25.1. The molecule has 4 rings (SSSR count). The molecule has 0 saturated carbocycles. The third-order valence-corrected chi connectivity index (χ3v) is 6.74. The monoisotopic (exact) mass is 499 g/mol. The number of esters is 1. The number of fused-ring (bicyclic) bond motifs is 1. The maximum absolute atomic E-state index is 14.1. The van der Waals surface area contributed by atoms with Crippen molar-refractivity contribution in [3.05, 3.63) is 76.5 Å². The molecule has 1 fully saturated rings. The van der Waals surface area contributed by atoms with Crippen LogP contribution < -0.4 is 5.32 Å². The summed E-state index contributed by atoms with van der Waals surface area (Å²) in [6, 6.07) is 9.46. The maximum Gasteiger partial charge on any atom is 0.338 e. The summed E-state index contributed by atoms with van der Waals surface area (Å²) >= 11 is 1.64. The standard InChI is InChI=1S/C26H27F2N3O3S/c1-15(2)14-34-25(33)22-16(3)29-26-31(10-5-11-35-26)23(22)17-6-4-7-19(12-17)30-24(32)20-9-8-18(27)13-21(20)28/h4,6-9,12-13,15,23H,5,10-11,14H2,1-3H3,(H,30,32). The Morgan fingerprint density at radius 3 is 2.77 bits per heavy atom. The SMILES string of the molecule is CC1=C(C(=O)OCC(C)C)C(c2cccc(NC(=O)c3ccc(F)cc3F)c2)N2CCCSC2=N1. The predicted octanol–water partition coefficient (Wildman–Crippen LogP) is 5.54. The average molecular weight is 500 g/mol. The number of carbonyl (C=O) groups excluding carboxylic acids is 2. The van der Waals surface area contributed by atoms with Crippen molar-refractivity contribution in [2.45, 2.75) is 33.2 Å². The number of allylic oxidation sites excluding steroid dienone is 1. The lowest BCUT2D eigenvalue weighted by atomic mass is 9.94. The molecule has 2 aromatic rings. The molecule has 1 N–H and O–H groups in total. The zero-order valence-corrected chi connectivity index (χ0v) is 20.6. The zero-order valence-electron chi connectivity index (χ0n) is 19.8. The topological polar surface area (TPSA) is 71.0 Å². The van der Waals surface area contributed by atoms with E-state index >= 15 is 0 Å². The van der Waals surface area contributed by atoms with Crippen LogP contribution in [-0.2, 0) is 9.53 Å². The Morgan fingerprint density at radius 1 is 1.23 bits per heavy atom. The molecule has 6 nitrogen and oxygen atoms in total. The summed E-state index contributed by atoms with van der Waals surface area (Å²) in [5.74, 6) is -1.66. The van der Waals surface area contributed by atoms with Gasteiger partial charge in [-0.15, -0.1) is 0 Å². The van der Waals surface area contributed by atoms with Gasteiger partial charge in [0.25, 0.3) is 5.91 Å². The molecule has 1 unspecified atom stereocenters. The Labute approximate surface area is 207 Å². The van der Waals surface area contributed by atoms with Gasteiger partial charge in [-0.25, -0.2) is 18.6 Å². The summed E-state index contributed by atoms with van der Waals surface area (Å²) in [6.07, 6.45) is 0.938. The van der Waals surface area contributed by atoms with E-state index in [-0.39, 0.29) is 11.5 Å². The normalized spacial score (nSPS) is 17.7. The van der Waals surface area contributed by atoms with Gasteiger partial charge in [-0.05, 0) is 49.1 Å². The van der Waals surface area contributed by atoms with Crippen LogP contribution in [0.1, 0.15) is 49.2 Å². The lowest BCUT2D eigenvalue weighted by Crippen LogP contribution is -2.42. The number of carbonyl (C=O) groups is 2. The van der Waals surface area contributed by atoms with Crippen molar-refractivity contribution in [3.63, 3.8) is 0 Å². The highest BCUT2D eigenvalue weighted by atomic mass is 32.2. The maximum atomic E-state index is 14.1. The van der Waals surface area contributed by atoms with Crippen LogP contribution in [0, 0.1) is 17.6 Å². The first-order valence-electron chi connectivity index (χ1n) is 11.5. The highest BCUT2D eigenvalue weighted by Crippen LogP contribution is 2.40. The first-order chi connectivity index (χ1) is 16.7. The number of benzene rings is 2. The summed E-state index contributed by atoms with van der Waals surface area (Å²) < 4.78 is 32.9. The number of amidine groups is 1. The number of thioether (sulfide) groups is 1. The van der Waals surface area contributed by atoms with Crippen LogP contribution in [-0.4, -0.2) is 40.8 Å². The number of rotatable bonds is 6. The van der Waals surface area contributed by atoms with Gasteiger partial charge < -0.3 is 15.0 Å². The van der Waals surface area contributed by atoms with Crippen molar-refractivity contribution in [3.8, 4) is 0 Å². The fraction of sp³-hybridized carbons (Fsp3) is 0.346. The van der Waals surface area contributed by atoms with Crippen molar-refractivity contribution in [2.24, 2.45) is 10.9 Å². The first-order valence-corrected chi connectivity index (χ1v) is 12.5. The van der Waals surface area contributed by atoms with Crippen molar-refractivity contribution < 1.29 is 23.1 Å². The van der Waals surface area contributed by atoms with E-state index in [1.807, 2.05) is 19.9 Å². The van der Waals surface area contributed by atoms with Gasteiger partial charge in [0.05, 0.1) is 29.5 Å². The Morgan fingerprint density at radius 2 is 2.03 bits per heavy atom. The summed E-state index contributed by atoms with van der Waals surface area (Å²) in [5, 5.41) is 3.53. The number of nitrogens with zero attached hydrogens (tertiary/aromatic N) is 2. The summed E-state index contributed by atoms with van der Waals surface area (Å²) in [5.41, 5.74) is 2.01. The molecule has 1 atom stereocenters. The van der Waals surface area contributed by atoms with Gasteiger partial charge in [-0.3, -0.25) is 4.79 Å². The van der Waals surface area contributed by atoms with E-state index in [2.05, 4.69) is 15.2 Å². The van der Waals surface area contributed by atoms with E-state index in [0.29, 0.717) is 29.6 Å². The number of amides is 1. The molecule has 35 heavy (non-hydrogen) atoms. The highest BCUT2D eigenvalue weighted by Gasteiger charge is 2.38. The molecule has 0 bridgehead atoms. The Balaban J connectivity index is 1.67. The number of hydrogen-bond acceptors (Lipinski definition) is 6. The molecule has 2 heterocycles. The van der Waals surface area contributed by atoms with Gasteiger partial charge >= 0.3 is 5.97 Å². The molecule has 9 heteroatoms. The molecular weight excluding hydrogens is 472 g/mol. The van der Waals surface area contributed by atoms with Gasteiger partial charge in [-0.1, -0.05) is 37.7 Å². The second kappa shape index (κ2) is 10.6.